The molecule has 8 nitrogen and oxygen atoms in total. The summed E-state index contributed by atoms with van der Waals surface area (Å²) in [7, 11) is 0. The van der Waals surface area contributed by atoms with Gasteiger partial charge in [0.2, 0.25) is 16.9 Å². The van der Waals surface area contributed by atoms with Crippen LogP contribution in [0.15, 0.2) is 4.34 Å². The van der Waals surface area contributed by atoms with Crippen LogP contribution >= 0.6 is 23.1 Å². The van der Waals surface area contributed by atoms with E-state index in [-0.39, 0.29) is 30.1 Å². The second-order valence-corrected chi connectivity index (χ2v) is 7.42. The number of amides is 2. The van der Waals surface area contributed by atoms with Gasteiger partial charge in [0.05, 0.1) is 18.9 Å². The Morgan fingerprint density at radius 3 is 2.67 bits per heavy atom. The van der Waals surface area contributed by atoms with Crippen LogP contribution in [0.4, 0.5) is 5.13 Å². The zero-order valence-electron chi connectivity index (χ0n) is 14.0. The highest BCUT2D eigenvalue weighted by molar-refractivity contribution is 8.01. The van der Waals surface area contributed by atoms with E-state index in [1.807, 2.05) is 13.8 Å². The van der Waals surface area contributed by atoms with Crippen LogP contribution in [0, 0.1) is 5.92 Å². The van der Waals surface area contributed by atoms with Crippen molar-refractivity contribution in [2.24, 2.45) is 5.92 Å². The molecule has 2 N–H and O–H groups in total. The summed E-state index contributed by atoms with van der Waals surface area (Å²) in [5.41, 5.74) is 0. The summed E-state index contributed by atoms with van der Waals surface area (Å²) in [6.07, 6.45) is 1.18. The van der Waals surface area contributed by atoms with E-state index in [1.54, 1.807) is 6.92 Å². The van der Waals surface area contributed by atoms with Gasteiger partial charge in [0.25, 0.3) is 0 Å². The molecule has 0 fully saturated rings. The number of nitrogens with one attached hydrogen (secondary N) is 2. The molecule has 0 bridgehead atoms. The molecule has 24 heavy (non-hydrogen) atoms. The van der Waals surface area contributed by atoms with E-state index < -0.39 is 0 Å². The lowest BCUT2D eigenvalue weighted by atomic mass is 10.1. The molecule has 0 saturated heterocycles. The van der Waals surface area contributed by atoms with Crippen molar-refractivity contribution in [3.05, 3.63) is 0 Å². The highest BCUT2D eigenvalue weighted by Crippen LogP contribution is 2.25. The fourth-order valence-corrected chi connectivity index (χ4v) is 3.06. The number of rotatable bonds is 10. The van der Waals surface area contributed by atoms with Gasteiger partial charge >= 0.3 is 5.97 Å². The molecule has 0 spiro atoms. The van der Waals surface area contributed by atoms with Crippen LogP contribution in [-0.2, 0) is 19.1 Å². The topological polar surface area (TPSA) is 110 Å². The van der Waals surface area contributed by atoms with E-state index in [0.717, 1.165) is 17.8 Å². The summed E-state index contributed by atoms with van der Waals surface area (Å²) in [4.78, 5) is 34.5. The Balaban J connectivity index is 2.30. The first kappa shape index (κ1) is 20.4. The predicted molar refractivity (Wildman–Crippen MR) is 93.0 cm³/mol. The zero-order chi connectivity index (χ0) is 17.9. The predicted octanol–water partition coefficient (Wildman–Crippen LogP) is 1.68. The third kappa shape index (κ3) is 8.82. The van der Waals surface area contributed by atoms with Crippen LogP contribution in [0.5, 0.6) is 0 Å². The van der Waals surface area contributed by atoms with Crippen LogP contribution < -0.4 is 10.6 Å². The van der Waals surface area contributed by atoms with Gasteiger partial charge in [0.15, 0.2) is 4.34 Å². The number of hydrogen-bond donors (Lipinski definition) is 2. The SMILES string of the molecule is CCOC(=O)CSc1nnc(NC(=O)CNC(=O)CCC(C)C)s1. The number of anilines is 1. The second kappa shape index (κ2) is 11.0. The molecule has 10 heteroatoms. The van der Waals surface area contributed by atoms with Crippen LogP contribution in [0.2, 0.25) is 0 Å². The highest BCUT2D eigenvalue weighted by atomic mass is 32.2. The minimum absolute atomic E-state index is 0.109. The molecular weight excluding hydrogens is 352 g/mol. The maximum absolute atomic E-state index is 11.7. The standard InChI is InChI=1S/C14H22N4O4S2/c1-4-22-12(21)8-23-14-18-17-13(24-14)16-11(20)7-15-10(19)6-5-9(2)3/h9H,4-8H2,1-3H3,(H,15,19)(H,16,17,20). The number of thioether (sulfide) groups is 1. The minimum atomic E-state index is -0.369. The van der Waals surface area contributed by atoms with Crippen molar-refractivity contribution in [3.63, 3.8) is 0 Å². The maximum Gasteiger partial charge on any atom is 0.316 e. The van der Waals surface area contributed by atoms with E-state index in [1.165, 1.54) is 11.8 Å². The Hall–Kier alpha value is -1.68. The first-order valence-electron chi connectivity index (χ1n) is 7.59. The lowest BCUT2D eigenvalue weighted by molar-refractivity contribution is -0.139. The van der Waals surface area contributed by atoms with E-state index in [0.29, 0.717) is 28.4 Å². The molecule has 1 heterocycles. The average molecular weight is 374 g/mol. The summed E-state index contributed by atoms with van der Waals surface area (Å²) in [5.74, 6) is -0.265. The van der Waals surface area contributed by atoms with Crippen LogP contribution in [-0.4, -0.2) is 46.9 Å². The quantitative estimate of drug-likeness (QED) is 0.364. The molecule has 134 valence electrons. The third-order valence-corrected chi connectivity index (χ3v) is 4.61. The van der Waals surface area contributed by atoms with Gasteiger partial charge in [-0.25, -0.2) is 0 Å². The minimum Gasteiger partial charge on any atom is -0.465 e. The number of hydrogen-bond acceptors (Lipinski definition) is 8. The molecule has 0 unspecified atom stereocenters. The summed E-state index contributed by atoms with van der Waals surface area (Å²) in [6.45, 7) is 6.03. The van der Waals surface area contributed by atoms with Crippen molar-refractivity contribution in [2.45, 2.75) is 38.0 Å². The number of nitrogens with zero attached hydrogens (tertiary/aromatic N) is 2. The smallest absolute Gasteiger partial charge is 0.316 e. The molecule has 0 aromatic carbocycles. The number of aromatic nitrogens is 2. The van der Waals surface area contributed by atoms with Crippen LogP contribution in [0.25, 0.3) is 0 Å². The van der Waals surface area contributed by atoms with Crippen molar-refractivity contribution >= 4 is 46.0 Å². The Kier molecular flexibility index (Phi) is 9.31. The molecule has 2 amide bonds. The van der Waals surface area contributed by atoms with Crippen LogP contribution in [0.3, 0.4) is 0 Å². The molecular formula is C14H22N4O4S2. The number of ether oxygens (including phenoxy) is 1. The van der Waals surface area contributed by atoms with Gasteiger partial charge in [-0.05, 0) is 19.3 Å². The molecule has 0 aliphatic rings. The highest BCUT2D eigenvalue weighted by Gasteiger charge is 2.12. The first-order valence-corrected chi connectivity index (χ1v) is 9.39. The number of carbonyl (C=O) groups is 3. The monoisotopic (exact) mass is 374 g/mol. The van der Waals surface area contributed by atoms with Crippen LogP contribution in [0.1, 0.15) is 33.6 Å². The van der Waals surface area contributed by atoms with Crippen molar-refractivity contribution < 1.29 is 19.1 Å². The maximum atomic E-state index is 11.7. The summed E-state index contributed by atoms with van der Waals surface area (Å²) in [5, 5.41) is 13.1. The molecule has 0 saturated carbocycles. The van der Waals surface area contributed by atoms with Crippen molar-refractivity contribution in [1.82, 2.24) is 15.5 Å². The largest absolute Gasteiger partial charge is 0.465 e. The van der Waals surface area contributed by atoms with Gasteiger partial charge in [-0.3, -0.25) is 19.7 Å². The van der Waals surface area contributed by atoms with Gasteiger partial charge in [-0.2, -0.15) is 0 Å². The van der Waals surface area contributed by atoms with E-state index in [2.05, 4.69) is 20.8 Å². The van der Waals surface area contributed by atoms with E-state index in [9.17, 15) is 14.4 Å². The number of esters is 1. The molecule has 0 aliphatic heterocycles. The normalized spacial score (nSPS) is 10.5. The lowest BCUT2D eigenvalue weighted by Gasteiger charge is -2.06. The van der Waals surface area contributed by atoms with Gasteiger partial charge in [0, 0.05) is 6.42 Å². The van der Waals surface area contributed by atoms with Gasteiger partial charge in [-0.1, -0.05) is 36.9 Å². The summed E-state index contributed by atoms with van der Waals surface area (Å²) in [6, 6.07) is 0. The van der Waals surface area contributed by atoms with Gasteiger partial charge in [0.1, 0.15) is 0 Å². The molecule has 1 aromatic rings. The summed E-state index contributed by atoms with van der Waals surface area (Å²) < 4.78 is 5.37. The molecule has 0 atom stereocenters. The van der Waals surface area contributed by atoms with Crippen molar-refractivity contribution in [1.29, 1.82) is 0 Å². The summed E-state index contributed by atoms with van der Waals surface area (Å²) >= 11 is 2.35. The zero-order valence-corrected chi connectivity index (χ0v) is 15.6. The molecule has 0 radical (unpaired) electrons. The molecule has 1 aromatic heterocycles. The average Bonchev–Trinajstić information content (AvgIpc) is 2.96. The van der Waals surface area contributed by atoms with Gasteiger partial charge < -0.3 is 10.1 Å². The van der Waals surface area contributed by atoms with E-state index in [4.69, 9.17) is 4.74 Å². The number of carbonyl (C=O) groups excluding carboxylic acids is 3. The lowest BCUT2D eigenvalue weighted by Crippen LogP contribution is -2.32. The van der Waals surface area contributed by atoms with Gasteiger partial charge in [-0.15, -0.1) is 10.2 Å². The Labute approximate surface area is 149 Å². The first-order chi connectivity index (χ1) is 11.4. The Morgan fingerprint density at radius 1 is 1.25 bits per heavy atom. The Bertz CT molecular complexity index is 563. The fourth-order valence-electron chi connectivity index (χ4n) is 1.49. The molecule has 0 aliphatic carbocycles. The molecule has 1 rings (SSSR count). The second-order valence-electron chi connectivity index (χ2n) is 5.22. The Morgan fingerprint density at radius 2 is 2.00 bits per heavy atom. The fraction of sp³-hybridized carbons (Fsp3) is 0.643. The third-order valence-electron chi connectivity index (χ3n) is 2.67. The van der Waals surface area contributed by atoms with E-state index >= 15 is 0 Å². The van der Waals surface area contributed by atoms with Crippen molar-refractivity contribution in [3.8, 4) is 0 Å². The van der Waals surface area contributed by atoms with Crippen molar-refractivity contribution in [2.75, 3.05) is 24.2 Å².